The van der Waals surface area contributed by atoms with E-state index in [0.717, 1.165) is 50.0 Å². The lowest BCUT2D eigenvalue weighted by Crippen LogP contribution is -2.48. The number of anilines is 1. The fourth-order valence-electron chi connectivity index (χ4n) is 4.75. The second-order valence-corrected chi connectivity index (χ2v) is 9.71. The molecule has 0 amide bonds. The summed E-state index contributed by atoms with van der Waals surface area (Å²) < 4.78 is 46.7. The molecule has 1 heterocycles. The van der Waals surface area contributed by atoms with E-state index in [4.69, 9.17) is 15.9 Å². The van der Waals surface area contributed by atoms with Crippen molar-refractivity contribution in [2.75, 3.05) is 31.1 Å². The second kappa shape index (κ2) is 13.4. The highest BCUT2D eigenvalue weighted by atomic mass is 19.4. The lowest BCUT2D eigenvalue weighted by molar-refractivity contribution is -0.274. The Bertz CT molecular complexity index is 1160. The van der Waals surface area contributed by atoms with Gasteiger partial charge in [0.1, 0.15) is 18.1 Å². The minimum atomic E-state index is -4.72. The minimum Gasteiger partial charge on any atom is -0.489 e. The van der Waals surface area contributed by atoms with Gasteiger partial charge < -0.3 is 25.0 Å². The molecule has 3 aromatic rings. The molecule has 3 aromatic carbocycles. The Labute approximate surface area is 227 Å². The summed E-state index contributed by atoms with van der Waals surface area (Å²) in [7, 11) is 0. The molecule has 6 nitrogen and oxygen atoms in total. The number of hydrogen-bond acceptors (Lipinski definition) is 4. The molecular weight excluding hydrogens is 505 g/mol. The summed E-state index contributed by atoms with van der Waals surface area (Å²) in [5.74, 6) is 1.47. The highest BCUT2D eigenvalue weighted by Gasteiger charge is 2.31. The number of ether oxygens (including phenoxy) is 2. The van der Waals surface area contributed by atoms with E-state index < -0.39 is 6.36 Å². The zero-order chi connectivity index (χ0) is 27.7. The lowest BCUT2D eigenvalue weighted by Gasteiger charge is -2.38. The number of benzene rings is 3. The molecule has 0 spiro atoms. The van der Waals surface area contributed by atoms with Crippen molar-refractivity contribution in [3.63, 3.8) is 0 Å². The number of likely N-dealkylation sites (tertiary alicyclic amines) is 1. The van der Waals surface area contributed by atoms with Gasteiger partial charge in [-0.05, 0) is 85.7 Å². The first kappa shape index (κ1) is 28.3. The topological polar surface area (TPSA) is 74.8 Å². The molecule has 0 aromatic heterocycles. The Balaban J connectivity index is 1.32. The highest BCUT2D eigenvalue weighted by molar-refractivity contribution is 5.94. The first-order chi connectivity index (χ1) is 18.8. The Kier molecular flexibility index (Phi) is 9.70. The molecule has 0 atom stereocenters. The van der Waals surface area contributed by atoms with Gasteiger partial charge in [-0.25, -0.2) is 0 Å². The van der Waals surface area contributed by atoms with Gasteiger partial charge in [0.05, 0.1) is 0 Å². The zero-order valence-corrected chi connectivity index (χ0v) is 21.9. The fourth-order valence-corrected chi connectivity index (χ4v) is 4.75. The standard InChI is InChI=1S/C30H35F3N4O2/c31-30(32,33)39-28-11-7-25(8-12-28)22-38-27-13-9-26(10-14-27)37(18-4-17-34)29(35)36-19-15-24(16-20-36)21-23-5-2-1-3-6-23/h1-3,5-14,24,35H,4,15-22,34H2. The van der Waals surface area contributed by atoms with Gasteiger partial charge in [0, 0.05) is 25.3 Å². The molecular formula is C30H35F3N4O2. The van der Waals surface area contributed by atoms with Crippen LogP contribution in [0.5, 0.6) is 11.5 Å². The molecule has 0 bridgehead atoms. The number of alkyl halides is 3. The zero-order valence-electron chi connectivity index (χ0n) is 21.9. The quantitative estimate of drug-likeness (QED) is 0.236. The fraction of sp³-hybridized carbons (Fsp3) is 0.367. The van der Waals surface area contributed by atoms with Crippen LogP contribution in [0.3, 0.4) is 0 Å². The molecule has 4 rings (SSSR count). The number of nitrogens with one attached hydrogen (secondary N) is 1. The van der Waals surface area contributed by atoms with Gasteiger partial charge in [-0.15, -0.1) is 13.2 Å². The predicted molar refractivity (Wildman–Crippen MR) is 147 cm³/mol. The Morgan fingerprint density at radius 3 is 2.15 bits per heavy atom. The SMILES string of the molecule is N=C(N1CCC(Cc2ccccc2)CC1)N(CCCN)c1ccc(OCc2ccc(OC(F)(F)F)cc2)cc1. The van der Waals surface area contributed by atoms with Crippen LogP contribution in [0.4, 0.5) is 18.9 Å². The summed E-state index contributed by atoms with van der Waals surface area (Å²) in [5.41, 5.74) is 8.76. The minimum absolute atomic E-state index is 0.205. The number of halogens is 3. The summed E-state index contributed by atoms with van der Waals surface area (Å²) in [6.07, 6.45) is -0.770. The number of nitrogens with two attached hydrogens (primary N) is 1. The van der Waals surface area contributed by atoms with E-state index in [1.807, 2.05) is 35.2 Å². The first-order valence-electron chi connectivity index (χ1n) is 13.2. The summed E-state index contributed by atoms with van der Waals surface area (Å²) in [5, 5.41) is 8.96. The first-order valence-corrected chi connectivity index (χ1v) is 13.2. The Morgan fingerprint density at radius 1 is 0.897 bits per heavy atom. The van der Waals surface area contributed by atoms with E-state index in [1.165, 1.54) is 29.8 Å². The van der Waals surface area contributed by atoms with Gasteiger partial charge >= 0.3 is 6.36 Å². The van der Waals surface area contributed by atoms with Crippen LogP contribution < -0.4 is 20.1 Å². The third-order valence-electron chi connectivity index (χ3n) is 6.83. The predicted octanol–water partition coefficient (Wildman–Crippen LogP) is 6.21. The number of piperidine rings is 1. The molecule has 39 heavy (non-hydrogen) atoms. The third-order valence-corrected chi connectivity index (χ3v) is 6.83. The average molecular weight is 541 g/mol. The smallest absolute Gasteiger partial charge is 0.489 e. The van der Waals surface area contributed by atoms with Gasteiger partial charge in [-0.1, -0.05) is 42.5 Å². The van der Waals surface area contributed by atoms with Crippen molar-refractivity contribution in [3.05, 3.63) is 90.0 Å². The average Bonchev–Trinajstić information content (AvgIpc) is 2.93. The number of guanidine groups is 1. The van der Waals surface area contributed by atoms with E-state index >= 15 is 0 Å². The van der Waals surface area contributed by atoms with Gasteiger partial charge in [0.15, 0.2) is 5.96 Å². The molecule has 0 aliphatic carbocycles. The van der Waals surface area contributed by atoms with Gasteiger partial charge in [-0.3, -0.25) is 5.41 Å². The molecule has 1 saturated heterocycles. The molecule has 1 aliphatic heterocycles. The van der Waals surface area contributed by atoms with Crippen LogP contribution in [0.2, 0.25) is 0 Å². The molecule has 0 radical (unpaired) electrons. The molecule has 1 aliphatic rings. The van der Waals surface area contributed by atoms with E-state index in [1.54, 1.807) is 0 Å². The van der Waals surface area contributed by atoms with Crippen LogP contribution in [-0.2, 0) is 13.0 Å². The maximum Gasteiger partial charge on any atom is 0.573 e. The summed E-state index contributed by atoms with van der Waals surface area (Å²) in [6.45, 7) is 3.09. The Hall–Kier alpha value is -3.72. The van der Waals surface area contributed by atoms with Gasteiger partial charge in [0.25, 0.3) is 0 Å². The van der Waals surface area contributed by atoms with Gasteiger partial charge in [0.2, 0.25) is 0 Å². The van der Waals surface area contributed by atoms with Gasteiger partial charge in [-0.2, -0.15) is 0 Å². The second-order valence-electron chi connectivity index (χ2n) is 9.71. The maximum atomic E-state index is 12.3. The normalized spacial score (nSPS) is 14.2. The molecule has 208 valence electrons. The lowest BCUT2D eigenvalue weighted by atomic mass is 9.90. The van der Waals surface area contributed by atoms with Crippen molar-refractivity contribution in [1.29, 1.82) is 5.41 Å². The molecule has 1 fully saturated rings. The maximum absolute atomic E-state index is 12.3. The van der Waals surface area contributed by atoms with Crippen molar-refractivity contribution >= 4 is 11.6 Å². The van der Waals surface area contributed by atoms with Crippen LogP contribution in [-0.4, -0.2) is 43.4 Å². The third kappa shape index (κ3) is 8.64. The van der Waals surface area contributed by atoms with Crippen LogP contribution in [0, 0.1) is 11.3 Å². The number of rotatable bonds is 10. The van der Waals surface area contributed by atoms with Crippen molar-refractivity contribution in [1.82, 2.24) is 4.90 Å². The van der Waals surface area contributed by atoms with E-state index in [9.17, 15) is 13.2 Å². The summed E-state index contributed by atoms with van der Waals surface area (Å²) >= 11 is 0. The highest BCUT2D eigenvalue weighted by Crippen LogP contribution is 2.26. The number of nitrogens with zero attached hydrogens (tertiary/aromatic N) is 2. The molecule has 0 saturated carbocycles. The van der Waals surface area contributed by atoms with E-state index in [0.29, 0.717) is 30.7 Å². The van der Waals surface area contributed by atoms with E-state index in [-0.39, 0.29) is 12.4 Å². The van der Waals surface area contributed by atoms with Crippen molar-refractivity contribution in [3.8, 4) is 11.5 Å². The van der Waals surface area contributed by atoms with Crippen LogP contribution in [0.25, 0.3) is 0 Å². The van der Waals surface area contributed by atoms with Crippen molar-refractivity contribution in [2.24, 2.45) is 11.7 Å². The monoisotopic (exact) mass is 540 g/mol. The molecule has 9 heteroatoms. The van der Waals surface area contributed by atoms with Crippen molar-refractivity contribution in [2.45, 2.75) is 38.7 Å². The van der Waals surface area contributed by atoms with Crippen LogP contribution >= 0.6 is 0 Å². The van der Waals surface area contributed by atoms with E-state index in [2.05, 4.69) is 33.9 Å². The van der Waals surface area contributed by atoms with Crippen LogP contribution in [0.1, 0.15) is 30.4 Å². The summed E-state index contributed by atoms with van der Waals surface area (Å²) in [6, 6.07) is 23.7. The van der Waals surface area contributed by atoms with Crippen molar-refractivity contribution < 1.29 is 22.6 Å². The number of hydrogen-bond donors (Lipinski definition) is 2. The molecule has 0 unspecified atom stereocenters. The summed E-state index contributed by atoms with van der Waals surface area (Å²) in [4.78, 5) is 4.14. The largest absolute Gasteiger partial charge is 0.573 e. The Morgan fingerprint density at radius 2 is 1.54 bits per heavy atom. The molecule has 3 N–H and O–H groups in total. The van der Waals surface area contributed by atoms with Crippen LogP contribution in [0.15, 0.2) is 78.9 Å².